The predicted molar refractivity (Wildman–Crippen MR) is 259 cm³/mol. The molecule has 0 fully saturated rings. The first-order chi connectivity index (χ1) is 31.2. The van der Waals surface area contributed by atoms with Crippen LogP contribution >= 0.6 is 11.3 Å². The SMILES string of the molecule is c1ccc(-c2ccc(-c3nc(-c4ccccc4)nc(-c4cc(-c5cccc6oc7ccccc7c56)cc(-n5c6c(c7ccccc75)CCc5c-6sc6ccccc56)c4)n3)cc2)cc1. The van der Waals surface area contributed by atoms with E-state index >= 15 is 0 Å². The first-order valence-corrected chi connectivity index (χ1v) is 22.2. The summed E-state index contributed by atoms with van der Waals surface area (Å²) in [5.74, 6) is 1.84. The molecule has 296 valence electrons. The first-order valence-electron chi connectivity index (χ1n) is 21.4. The molecule has 0 saturated carbocycles. The van der Waals surface area contributed by atoms with Crippen LogP contribution in [0.15, 0.2) is 199 Å². The Hall–Kier alpha value is -7.93. The molecule has 0 amide bonds. The number of aryl methyl sites for hydroxylation is 2. The van der Waals surface area contributed by atoms with E-state index in [0.717, 1.165) is 79.4 Å². The van der Waals surface area contributed by atoms with Crippen molar-refractivity contribution in [1.82, 2.24) is 19.5 Å². The third kappa shape index (κ3) is 5.87. The average molecular weight is 825 g/mol. The highest BCUT2D eigenvalue weighted by molar-refractivity contribution is 7.22. The molecule has 63 heavy (non-hydrogen) atoms. The molecule has 1 aliphatic carbocycles. The number of aromatic nitrogens is 4. The lowest BCUT2D eigenvalue weighted by atomic mass is 9.92. The maximum Gasteiger partial charge on any atom is 0.164 e. The van der Waals surface area contributed by atoms with Crippen molar-refractivity contribution in [1.29, 1.82) is 0 Å². The lowest BCUT2D eigenvalue weighted by Crippen LogP contribution is -2.05. The molecule has 8 aromatic carbocycles. The zero-order valence-electron chi connectivity index (χ0n) is 34.0. The van der Waals surface area contributed by atoms with Crippen LogP contribution < -0.4 is 0 Å². The average Bonchev–Trinajstić information content (AvgIpc) is 4.04. The maximum atomic E-state index is 6.46. The highest BCUT2D eigenvalue weighted by atomic mass is 32.1. The van der Waals surface area contributed by atoms with Crippen molar-refractivity contribution in [2.24, 2.45) is 0 Å². The van der Waals surface area contributed by atoms with E-state index in [1.165, 1.54) is 42.7 Å². The minimum Gasteiger partial charge on any atom is -0.456 e. The minimum absolute atomic E-state index is 0.603. The highest BCUT2D eigenvalue weighted by Crippen LogP contribution is 2.49. The molecule has 0 saturated heterocycles. The number of fused-ring (bicyclic) bond motifs is 10. The standard InChI is InChI=1S/C57H36N4OS/c1-3-14-35(15-4-1)36-26-28-38(29-27-36)56-58-55(37-16-5-2-6-17-37)59-57(60-56)40-32-39(42-21-13-24-50-52(42)47-20-8-11-23-49(47)62-50)33-41(34-40)61-48-22-10-7-18-43(48)45-30-31-46-44-19-9-12-25-51(44)63-54(46)53(45)61/h1-29,32-34H,30-31H2. The van der Waals surface area contributed by atoms with Gasteiger partial charge in [-0.15, -0.1) is 11.3 Å². The van der Waals surface area contributed by atoms with Gasteiger partial charge in [0.1, 0.15) is 11.2 Å². The first kappa shape index (κ1) is 35.8. The molecule has 0 atom stereocenters. The molecule has 0 spiro atoms. The molecule has 12 aromatic rings. The fourth-order valence-electron chi connectivity index (χ4n) is 9.69. The molecule has 0 unspecified atom stereocenters. The fraction of sp³-hybridized carbons (Fsp3) is 0.0351. The topological polar surface area (TPSA) is 56.7 Å². The normalized spacial score (nSPS) is 12.3. The Morgan fingerprint density at radius 1 is 0.429 bits per heavy atom. The van der Waals surface area contributed by atoms with Gasteiger partial charge >= 0.3 is 0 Å². The van der Waals surface area contributed by atoms with Crippen molar-refractivity contribution in [3.63, 3.8) is 0 Å². The van der Waals surface area contributed by atoms with Gasteiger partial charge in [-0.1, -0.05) is 152 Å². The third-order valence-corrected chi connectivity index (χ3v) is 13.8. The lowest BCUT2D eigenvalue weighted by Gasteiger charge is -2.19. The Morgan fingerprint density at radius 2 is 1.00 bits per heavy atom. The number of benzene rings is 8. The van der Waals surface area contributed by atoms with E-state index in [1.807, 2.05) is 47.7 Å². The van der Waals surface area contributed by atoms with E-state index in [4.69, 9.17) is 19.4 Å². The van der Waals surface area contributed by atoms with E-state index < -0.39 is 0 Å². The number of para-hydroxylation sites is 2. The Morgan fingerprint density at radius 3 is 1.79 bits per heavy atom. The number of rotatable bonds is 6. The minimum atomic E-state index is 0.603. The Kier molecular flexibility index (Phi) is 8.14. The zero-order chi connectivity index (χ0) is 41.4. The monoisotopic (exact) mass is 824 g/mol. The van der Waals surface area contributed by atoms with Crippen LogP contribution in [0, 0.1) is 0 Å². The second-order valence-electron chi connectivity index (χ2n) is 16.2. The molecular weight excluding hydrogens is 789 g/mol. The summed E-state index contributed by atoms with van der Waals surface area (Å²) in [5.41, 5.74) is 15.2. The van der Waals surface area contributed by atoms with Crippen molar-refractivity contribution in [2.45, 2.75) is 12.8 Å². The van der Waals surface area contributed by atoms with Gasteiger partial charge in [0.05, 0.1) is 16.1 Å². The van der Waals surface area contributed by atoms with E-state index in [9.17, 15) is 0 Å². The van der Waals surface area contributed by atoms with Crippen LogP contribution in [-0.4, -0.2) is 19.5 Å². The number of hydrogen-bond donors (Lipinski definition) is 0. The van der Waals surface area contributed by atoms with Gasteiger partial charge in [0, 0.05) is 43.2 Å². The second kappa shape index (κ2) is 14.3. The zero-order valence-corrected chi connectivity index (χ0v) is 34.8. The van der Waals surface area contributed by atoms with Crippen LogP contribution in [0.3, 0.4) is 0 Å². The van der Waals surface area contributed by atoms with Crippen LogP contribution in [0.4, 0.5) is 0 Å². The molecule has 0 aliphatic heterocycles. The van der Waals surface area contributed by atoms with Crippen molar-refractivity contribution in [2.75, 3.05) is 0 Å². The van der Waals surface area contributed by atoms with Gasteiger partial charge in [0.25, 0.3) is 0 Å². The number of nitrogens with zero attached hydrogens (tertiary/aromatic N) is 4. The maximum absolute atomic E-state index is 6.46. The molecule has 0 radical (unpaired) electrons. The smallest absolute Gasteiger partial charge is 0.164 e. The van der Waals surface area contributed by atoms with Gasteiger partial charge in [-0.3, -0.25) is 0 Å². The molecule has 1 aliphatic rings. The van der Waals surface area contributed by atoms with Gasteiger partial charge < -0.3 is 8.98 Å². The molecule has 4 aromatic heterocycles. The lowest BCUT2D eigenvalue weighted by molar-refractivity contribution is 0.669. The summed E-state index contributed by atoms with van der Waals surface area (Å²) in [6.45, 7) is 0. The van der Waals surface area contributed by atoms with Crippen LogP contribution in [0.25, 0.3) is 116 Å². The van der Waals surface area contributed by atoms with Crippen molar-refractivity contribution in [3.05, 3.63) is 205 Å². The van der Waals surface area contributed by atoms with Gasteiger partial charge in [0.2, 0.25) is 0 Å². The summed E-state index contributed by atoms with van der Waals surface area (Å²) in [7, 11) is 0. The van der Waals surface area contributed by atoms with Gasteiger partial charge in [-0.2, -0.15) is 0 Å². The van der Waals surface area contributed by atoms with Crippen LogP contribution in [0.2, 0.25) is 0 Å². The third-order valence-electron chi connectivity index (χ3n) is 12.6. The fourth-order valence-corrected chi connectivity index (χ4v) is 11.0. The van der Waals surface area contributed by atoms with E-state index in [1.54, 1.807) is 0 Å². The van der Waals surface area contributed by atoms with E-state index in [2.05, 4.69) is 162 Å². The second-order valence-corrected chi connectivity index (χ2v) is 17.3. The molecular formula is C57H36N4OS. The van der Waals surface area contributed by atoms with Crippen molar-refractivity contribution in [3.8, 4) is 72.7 Å². The Bertz CT molecular complexity index is 3730. The van der Waals surface area contributed by atoms with Crippen LogP contribution in [-0.2, 0) is 12.8 Å². The molecule has 0 N–H and O–H groups in total. The summed E-state index contributed by atoms with van der Waals surface area (Å²) in [6, 6.07) is 68.5. The van der Waals surface area contributed by atoms with E-state index in [-0.39, 0.29) is 0 Å². The van der Waals surface area contributed by atoms with Gasteiger partial charge in [-0.25, -0.2) is 15.0 Å². The quantitative estimate of drug-likeness (QED) is 0.168. The number of thiophene rings is 1. The summed E-state index contributed by atoms with van der Waals surface area (Å²) in [5, 5.41) is 4.82. The van der Waals surface area contributed by atoms with Crippen LogP contribution in [0.1, 0.15) is 11.1 Å². The van der Waals surface area contributed by atoms with E-state index in [0.29, 0.717) is 17.5 Å². The Labute approximate surface area is 367 Å². The predicted octanol–water partition coefficient (Wildman–Crippen LogP) is 15.0. The number of furan rings is 1. The molecule has 13 rings (SSSR count). The molecule has 0 bridgehead atoms. The summed E-state index contributed by atoms with van der Waals surface area (Å²) >= 11 is 1.90. The summed E-state index contributed by atoms with van der Waals surface area (Å²) in [4.78, 5) is 17.1. The largest absolute Gasteiger partial charge is 0.456 e. The van der Waals surface area contributed by atoms with Gasteiger partial charge in [-0.05, 0) is 94.1 Å². The summed E-state index contributed by atoms with van der Waals surface area (Å²) in [6.07, 6.45) is 1.99. The van der Waals surface area contributed by atoms with Crippen LogP contribution in [0.5, 0.6) is 0 Å². The Balaban J connectivity index is 1.09. The molecule has 4 heterocycles. The molecule has 5 nitrogen and oxygen atoms in total. The van der Waals surface area contributed by atoms with Gasteiger partial charge in [0.15, 0.2) is 17.5 Å². The van der Waals surface area contributed by atoms with Crippen molar-refractivity contribution < 1.29 is 4.42 Å². The highest BCUT2D eigenvalue weighted by Gasteiger charge is 2.29. The van der Waals surface area contributed by atoms with Crippen molar-refractivity contribution >= 4 is 54.3 Å². The molecule has 6 heteroatoms. The number of hydrogen-bond acceptors (Lipinski definition) is 5. The summed E-state index contributed by atoms with van der Waals surface area (Å²) < 4.78 is 10.3.